The number of benzene rings is 1. The predicted molar refractivity (Wildman–Crippen MR) is 81.7 cm³/mol. The SMILES string of the molecule is Cc1cccnc1COc1ccc(F)cc1CNC(C)C. The quantitative estimate of drug-likeness (QED) is 0.881. The molecule has 0 saturated heterocycles. The fraction of sp³-hybridized carbons (Fsp3) is 0.353. The van der Waals surface area contributed by atoms with Crippen molar-refractivity contribution < 1.29 is 9.13 Å². The normalized spacial score (nSPS) is 10.9. The molecule has 0 aliphatic carbocycles. The van der Waals surface area contributed by atoms with E-state index in [0.717, 1.165) is 16.8 Å². The first-order valence-corrected chi connectivity index (χ1v) is 7.11. The number of aryl methyl sites for hydroxylation is 1. The van der Waals surface area contributed by atoms with E-state index in [2.05, 4.69) is 24.1 Å². The molecule has 112 valence electrons. The van der Waals surface area contributed by atoms with Crippen molar-refractivity contribution in [3.8, 4) is 5.75 Å². The Morgan fingerprint density at radius 1 is 1.29 bits per heavy atom. The minimum absolute atomic E-state index is 0.253. The maximum Gasteiger partial charge on any atom is 0.130 e. The Labute approximate surface area is 125 Å². The Morgan fingerprint density at radius 2 is 2.10 bits per heavy atom. The Morgan fingerprint density at radius 3 is 2.81 bits per heavy atom. The van der Waals surface area contributed by atoms with Crippen molar-refractivity contribution in [2.24, 2.45) is 0 Å². The van der Waals surface area contributed by atoms with Crippen LogP contribution in [0, 0.1) is 12.7 Å². The van der Waals surface area contributed by atoms with Crippen LogP contribution in [0.4, 0.5) is 4.39 Å². The summed E-state index contributed by atoms with van der Waals surface area (Å²) in [6.45, 7) is 7.06. The van der Waals surface area contributed by atoms with E-state index in [1.165, 1.54) is 12.1 Å². The minimum atomic E-state index is -0.253. The molecule has 0 saturated carbocycles. The molecule has 21 heavy (non-hydrogen) atoms. The fourth-order valence-electron chi connectivity index (χ4n) is 1.96. The third-order valence-electron chi connectivity index (χ3n) is 3.21. The summed E-state index contributed by atoms with van der Waals surface area (Å²) in [5.41, 5.74) is 2.79. The largest absolute Gasteiger partial charge is 0.487 e. The number of halogens is 1. The average molecular weight is 288 g/mol. The van der Waals surface area contributed by atoms with Crippen molar-refractivity contribution in [1.29, 1.82) is 0 Å². The molecule has 0 amide bonds. The van der Waals surface area contributed by atoms with Gasteiger partial charge in [0.15, 0.2) is 0 Å². The van der Waals surface area contributed by atoms with Crippen molar-refractivity contribution in [2.45, 2.75) is 40.0 Å². The molecule has 1 aromatic carbocycles. The van der Waals surface area contributed by atoms with E-state index in [0.29, 0.717) is 24.9 Å². The van der Waals surface area contributed by atoms with E-state index in [1.54, 1.807) is 12.3 Å². The molecule has 0 unspecified atom stereocenters. The third-order valence-corrected chi connectivity index (χ3v) is 3.21. The zero-order valence-electron chi connectivity index (χ0n) is 12.7. The van der Waals surface area contributed by atoms with Gasteiger partial charge in [0, 0.05) is 24.3 Å². The highest BCUT2D eigenvalue weighted by Gasteiger charge is 2.08. The van der Waals surface area contributed by atoms with E-state index in [-0.39, 0.29) is 5.82 Å². The maximum atomic E-state index is 13.4. The van der Waals surface area contributed by atoms with Gasteiger partial charge in [0.2, 0.25) is 0 Å². The Hall–Kier alpha value is -1.94. The predicted octanol–water partition coefficient (Wildman–Crippen LogP) is 3.61. The van der Waals surface area contributed by atoms with Gasteiger partial charge in [-0.3, -0.25) is 4.98 Å². The van der Waals surface area contributed by atoms with Crippen molar-refractivity contribution >= 4 is 0 Å². The first-order valence-electron chi connectivity index (χ1n) is 7.11. The molecule has 1 aromatic heterocycles. The number of hydrogen-bond acceptors (Lipinski definition) is 3. The molecule has 0 spiro atoms. The van der Waals surface area contributed by atoms with Gasteiger partial charge in [-0.1, -0.05) is 19.9 Å². The second-order valence-corrected chi connectivity index (χ2v) is 5.34. The number of aromatic nitrogens is 1. The molecule has 0 aliphatic rings. The first kappa shape index (κ1) is 15.4. The Balaban J connectivity index is 2.10. The van der Waals surface area contributed by atoms with E-state index in [9.17, 15) is 4.39 Å². The number of rotatable bonds is 6. The molecular weight excluding hydrogens is 267 g/mol. The van der Waals surface area contributed by atoms with Crippen LogP contribution < -0.4 is 10.1 Å². The van der Waals surface area contributed by atoms with Gasteiger partial charge < -0.3 is 10.1 Å². The standard InChI is InChI=1S/C17H21FN2O/c1-12(2)20-10-14-9-15(18)6-7-17(14)21-11-16-13(3)5-4-8-19-16/h4-9,12,20H,10-11H2,1-3H3. The molecule has 1 heterocycles. The first-order chi connectivity index (χ1) is 10.1. The fourth-order valence-corrected chi connectivity index (χ4v) is 1.96. The molecule has 0 fully saturated rings. The van der Waals surface area contributed by atoms with Gasteiger partial charge in [-0.2, -0.15) is 0 Å². The lowest BCUT2D eigenvalue weighted by Gasteiger charge is -2.14. The number of pyridine rings is 1. The lowest BCUT2D eigenvalue weighted by atomic mass is 10.2. The second kappa shape index (κ2) is 7.18. The van der Waals surface area contributed by atoms with Crippen LogP contribution in [0.25, 0.3) is 0 Å². The zero-order chi connectivity index (χ0) is 15.2. The number of ether oxygens (including phenoxy) is 1. The van der Waals surface area contributed by atoms with E-state index >= 15 is 0 Å². The van der Waals surface area contributed by atoms with Gasteiger partial charge in [-0.15, -0.1) is 0 Å². The molecule has 1 N–H and O–H groups in total. The van der Waals surface area contributed by atoms with Crippen molar-refractivity contribution in [3.63, 3.8) is 0 Å². The Bertz CT molecular complexity index is 599. The van der Waals surface area contributed by atoms with Crippen LogP contribution in [-0.4, -0.2) is 11.0 Å². The highest BCUT2D eigenvalue weighted by molar-refractivity contribution is 5.34. The molecule has 0 atom stereocenters. The summed E-state index contributed by atoms with van der Waals surface area (Å²) >= 11 is 0. The van der Waals surface area contributed by atoms with Gasteiger partial charge in [0.1, 0.15) is 18.2 Å². The molecule has 4 heteroatoms. The topological polar surface area (TPSA) is 34.1 Å². The summed E-state index contributed by atoms with van der Waals surface area (Å²) in [5, 5.41) is 3.28. The van der Waals surface area contributed by atoms with Crippen molar-refractivity contribution in [3.05, 3.63) is 59.2 Å². The maximum absolute atomic E-state index is 13.4. The van der Waals surface area contributed by atoms with Gasteiger partial charge >= 0.3 is 0 Å². The molecule has 0 bridgehead atoms. The molecular formula is C17H21FN2O. The highest BCUT2D eigenvalue weighted by atomic mass is 19.1. The summed E-state index contributed by atoms with van der Waals surface area (Å²) in [6, 6.07) is 8.83. The summed E-state index contributed by atoms with van der Waals surface area (Å²) in [7, 11) is 0. The monoisotopic (exact) mass is 288 g/mol. The van der Waals surface area contributed by atoms with Crippen LogP contribution in [0.2, 0.25) is 0 Å². The van der Waals surface area contributed by atoms with E-state index in [1.807, 2.05) is 19.1 Å². The third kappa shape index (κ3) is 4.53. The summed E-state index contributed by atoms with van der Waals surface area (Å²) in [6.07, 6.45) is 1.75. The van der Waals surface area contributed by atoms with Gasteiger partial charge in [-0.25, -0.2) is 4.39 Å². The van der Waals surface area contributed by atoms with Crippen LogP contribution >= 0.6 is 0 Å². The Kier molecular flexibility index (Phi) is 5.28. The lowest BCUT2D eigenvalue weighted by molar-refractivity contribution is 0.295. The second-order valence-electron chi connectivity index (χ2n) is 5.34. The number of hydrogen-bond donors (Lipinski definition) is 1. The zero-order valence-corrected chi connectivity index (χ0v) is 12.7. The van der Waals surface area contributed by atoms with Crippen molar-refractivity contribution in [1.82, 2.24) is 10.3 Å². The van der Waals surface area contributed by atoms with Gasteiger partial charge in [0.05, 0.1) is 5.69 Å². The molecule has 0 aliphatic heterocycles. The van der Waals surface area contributed by atoms with E-state index in [4.69, 9.17) is 4.74 Å². The van der Waals surface area contributed by atoms with Crippen molar-refractivity contribution in [2.75, 3.05) is 0 Å². The summed E-state index contributed by atoms with van der Waals surface area (Å²) < 4.78 is 19.2. The van der Waals surface area contributed by atoms with Crippen LogP contribution in [0.1, 0.15) is 30.7 Å². The summed E-state index contributed by atoms with van der Waals surface area (Å²) in [5.74, 6) is 0.437. The number of nitrogens with one attached hydrogen (secondary N) is 1. The summed E-state index contributed by atoms with van der Waals surface area (Å²) in [4.78, 5) is 4.30. The molecule has 2 rings (SSSR count). The van der Waals surface area contributed by atoms with Crippen LogP contribution in [0.5, 0.6) is 5.75 Å². The smallest absolute Gasteiger partial charge is 0.130 e. The highest BCUT2D eigenvalue weighted by Crippen LogP contribution is 2.21. The lowest BCUT2D eigenvalue weighted by Crippen LogP contribution is -2.22. The van der Waals surface area contributed by atoms with Crippen LogP contribution in [-0.2, 0) is 13.2 Å². The van der Waals surface area contributed by atoms with E-state index < -0.39 is 0 Å². The van der Waals surface area contributed by atoms with Crippen LogP contribution in [0.15, 0.2) is 36.5 Å². The molecule has 0 radical (unpaired) electrons. The van der Waals surface area contributed by atoms with Crippen LogP contribution in [0.3, 0.4) is 0 Å². The molecule has 3 nitrogen and oxygen atoms in total. The molecule has 2 aromatic rings. The minimum Gasteiger partial charge on any atom is -0.487 e. The van der Waals surface area contributed by atoms with Gasteiger partial charge in [0.25, 0.3) is 0 Å². The number of nitrogens with zero attached hydrogens (tertiary/aromatic N) is 1. The van der Waals surface area contributed by atoms with Gasteiger partial charge in [-0.05, 0) is 36.8 Å². The average Bonchev–Trinajstić information content (AvgIpc) is 2.45.